The first-order chi connectivity index (χ1) is 7.75. The van der Waals surface area contributed by atoms with Gasteiger partial charge < -0.3 is 15.2 Å². The molecular weight excluding hydrogens is 204 g/mol. The summed E-state index contributed by atoms with van der Waals surface area (Å²) in [5, 5.41) is 0. The molecule has 1 aliphatic heterocycles. The Morgan fingerprint density at radius 1 is 1.38 bits per heavy atom. The zero-order chi connectivity index (χ0) is 11.1. The molecule has 1 aliphatic rings. The van der Waals surface area contributed by atoms with E-state index in [0.29, 0.717) is 0 Å². The summed E-state index contributed by atoms with van der Waals surface area (Å²) in [6, 6.07) is 0.244. The molecule has 84 valence electrons. The second kappa shape index (κ2) is 3.41. The van der Waals surface area contributed by atoms with E-state index in [2.05, 4.69) is 19.9 Å². The van der Waals surface area contributed by atoms with Gasteiger partial charge in [-0.3, -0.25) is 0 Å². The molecule has 2 aromatic heterocycles. The van der Waals surface area contributed by atoms with E-state index in [0.717, 1.165) is 36.5 Å². The molecule has 16 heavy (non-hydrogen) atoms. The molecule has 0 radical (unpaired) electrons. The van der Waals surface area contributed by atoms with Crippen molar-refractivity contribution in [1.82, 2.24) is 19.5 Å². The molecule has 3 heterocycles. The molecule has 0 aliphatic carbocycles. The third-order valence-electron chi connectivity index (χ3n) is 3.00. The van der Waals surface area contributed by atoms with Crippen LogP contribution in [-0.2, 0) is 7.05 Å². The van der Waals surface area contributed by atoms with Gasteiger partial charge in [0.1, 0.15) is 6.33 Å². The largest absolute Gasteiger partial charge is 0.353 e. The second-order valence-electron chi connectivity index (χ2n) is 4.22. The van der Waals surface area contributed by atoms with Crippen molar-refractivity contribution >= 4 is 17.0 Å². The number of anilines is 1. The number of hydrogen-bond acceptors (Lipinski definition) is 5. The lowest BCUT2D eigenvalue weighted by Gasteiger charge is -2.16. The average Bonchev–Trinajstić information content (AvgIpc) is 2.86. The summed E-state index contributed by atoms with van der Waals surface area (Å²) >= 11 is 0. The zero-order valence-electron chi connectivity index (χ0n) is 9.17. The molecule has 1 saturated heterocycles. The summed E-state index contributed by atoms with van der Waals surface area (Å²) in [6.45, 7) is 1.80. The van der Waals surface area contributed by atoms with Crippen LogP contribution in [-0.4, -0.2) is 38.7 Å². The first kappa shape index (κ1) is 9.53. The van der Waals surface area contributed by atoms with Crippen molar-refractivity contribution in [2.45, 2.75) is 12.5 Å². The summed E-state index contributed by atoms with van der Waals surface area (Å²) in [7, 11) is 1.93. The van der Waals surface area contributed by atoms with Crippen LogP contribution in [0.5, 0.6) is 0 Å². The predicted molar refractivity (Wildman–Crippen MR) is 61.1 cm³/mol. The van der Waals surface area contributed by atoms with Crippen molar-refractivity contribution in [3.63, 3.8) is 0 Å². The van der Waals surface area contributed by atoms with Crippen molar-refractivity contribution in [2.24, 2.45) is 12.8 Å². The van der Waals surface area contributed by atoms with E-state index in [1.165, 1.54) is 0 Å². The maximum Gasteiger partial charge on any atom is 0.165 e. The first-order valence-electron chi connectivity index (χ1n) is 5.38. The topological polar surface area (TPSA) is 72.9 Å². The Morgan fingerprint density at radius 3 is 3.00 bits per heavy atom. The van der Waals surface area contributed by atoms with Crippen LogP contribution in [0.3, 0.4) is 0 Å². The van der Waals surface area contributed by atoms with Crippen LogP contribution in [0.1, 0.15) is 6.42 Å². The Labute approximate surface area is 93.1 Å². The molecule has 1 fully saturated rings. The fourth-order valence-electron chi connectivity index (χ4n) is 2.14. The van der Waals surface area contributed by atoms with E-state index in [9.17, 15) is 0 Å². The number of nitrogens with two attached hydrogens (primary N) is 1. The van der Waals surface area contributed by atoms with E-state index >= 15 is 0 Å². The van der Waals surface area contributed by atoms with Gasteiger partial charge in [0.05, 0.1) is 6.33 Å². The normalized spacial score (nSPS) is 20.9. The lowest BCUT2D eigenvalue weighted by molar-refractivity contribution is 0.751. The van der Waals surface area contributed by atoms with Crippen LogP contribution in [0, 0.1) is 0 Å². The van der Waals surface area contributed by atoms with Gasteiger partial charge in [-0.25, -0.2) is 15.0 Å². The molecule has 2 aromatic rings. The minimum absolute atomic E-state index is 0.244. The third kappa shape index (κ3) is 1.34. The molecule has 0 amide bonds. The van der Waals surface area contributed by atoms with Crippen LogP contribution >= 0.6 is 0 Å². The number of aromatic nitrogens is 4. The van der Waals surface area contributed by atoms with E-state index in [1.807, 2.05) is 11.6 Å². The van der Waals surface area contributed by atoms with Gasteiger partial charge in [0.2, 0.25) is 0 Å². The monoisotopic (exact) mass is 218 g/mol. The molecule has 1 atom stereocenters. The zero-order valence-corrected chi connectivity index (χ0v) is 9.17. The van der Waals surface area contributed by atoms with E-state index in [1.54, 1.807) is 12.7 Å². The quantitative estimate of drug-likeness (QED) is 0.723. The third-order valence-corrected chi connectivity index (χ3v) is 3.00. The molecule has 0 saturated carbocycles. The molecule has 2 N–H and O–H groups in total. The van der Waals surface area contributed by atoms with Gasteiger partial charge in [-0.2, -0.15) is 0 Å². The molecule has 6 heteroatoms. The first-order valence-corrected chi connectivity index (χ1v) is 5.38. The number of aryl methyl sites for hydroxylation is 1. The standard InChI is InChI=1S/C10H14N6/c1-15-6-14-8-9(15)12-5-13-10(8)16-3-2-7(11)4-16/h5-7H,2-4,11H2,1H3. The van der Waals surface area contributed by atoms with Crippen molar-refractivity contribution in [2.75, 3.05) is 18.0 Å². The summed E-state index contributed by atoms with van der Waals surface area (Å²) in [4.78, 5) is 15.1. The Balaban J connectivity index is 2.09. The van der Waals surface area contributed by atoms with Crippen molar-refractivity contribution in [1.29, 1.82) is 0 Å². The molecule has 3 rings (SSSR count). The van der Waals surface area contributed by atoms with Crippen molar-refractivity contribution in [3.8, 4) is 0 Å². The van der Waals surface area contributed by atoms with Gasteiger partial charge in [-0.1, -0.05) is 0 Å². The highest BCUT2D eigenvalue weighted by atomic mass is 15.2. The second-order valence-corrected chi connectivity index (χ2v) is 4.22. The van der Waals surface area contributed by atoms with Gasteiger partial charge >= 0.3 is 0 Å². The van der Waals surface area contributed by atoms with E-state index in [4.69, 9.17) is 5.73 Å². The van der Waals surface area contributed by atoms with Gasteiger partial charge in [0.25, 0.3) is 0 Å². The van der Waals surface area contributed by atoms with Crippen molar-refractivity contribution in [3.05, 3.63) is 12.7 Å². The Hall–Kier alpha value is -1.69. The minimum Gasteiger partial charge on any atom is -0.353 e. The van der Waals surface area contributed by atoms with E-state index < -0.39 is 0 Å². The van der Waals surface area contributed by atoms with Crippen LogP contribution in [0.4, 0.5) is 5.82 Å². The highest BCUT2D eigenvalue weighted by Crippen LogP contribution is 2.23. The van der Waals surface area contributed by atoms with Gasteiger partial charge in [0.15, 0.2) is 17.0 Å². The Morgan fingerprint density at radius 2 is 2.25 bits per heavy atom. The lowest BCUT2D eigenvalue weighted by atomic mass is 10.3. The smallest absolute Gasteiger partial charge is 0.165 e. The SMILES string of the molecule is Cn1cnc2c(N3CCC(N)C3)ncnc21. The lowest BCUT2D eigenvalue weighted by Crippen LogP contribution is -2.27. The van der Waals surface area contributed by atoms with Crippen LogP contribution in [0.25, 0.3) is 11.2 Å². The maximum absolute atomic E-state index is 5.90. The fraction of sp³-hybridized carbons (Fsp3) is 0.500. The summed E-state index contributed by atoms with van der Waals surface area (Å²) in [6.07, 6.45) is 4.36. The number of rotatable bonds is 1. The summed E-state index contributed by atoms with van der Waals surface area (Å²) in [5.74, 6) is 0.901. The van der Waals surface area contributed by atoms with Crippen molar-refractivity contribution < 1.29 is 0 Å². The van der Waals surface area contributed by atoms with Gasteiger partial charge in [0, 0.05) is 26.2 Å². The Bertz CT molecular complexity index is 519. The van der Waals surface area contributed by atoms with Gasteiger partial charge in [-0.05, 0) is 6.42 Å². The molecule has 0 spiro atoms. The molecule has 0 aromatic carbocycles. The number of hydrogen-bond donors (Lipinski definition) is 1. The summed E-state index contributed by atoms with van der Waals surface area (Å²) < 4.78 is 1.90. The Kier molecular flexibility index (Phi) is 2.03. The number of fused-ring (bicyclic) bond motifs is 1. The highest BCUT2D eigenvalue weighted by Gasteiger charge is 2.23. The highest BCUT2D eigenvalue weighted by molar-refractivity contribution is 5.83. The molecule has 6 nitrogen and oxygen atoms in total. The van der Waals surface area contributed by atoms with Crippen LogP contribution in [0.2, 0.25) is 0 Å². The van der Waals surface area contributed by atoms with Crippen LogP contribution < -0.4 is 10.6 Å². The molecule has 1 unspecified atom stereocenters. The number of nitrogens with zero attached hydrogens (tertiary/aromatic N) is 5. The summed E-state index contributed by atoms with van der Waals surface area (Å²) in [5.41, 5.74) is 7.63. The van der Waals surface area contributed by atoms with E-state index in [-0.39, 0.29) is 6.04 Å². The molecule has 0 bridgehead atoms. The molecular formula is C10H14N6. The average molecular weight is 218 g/mol. The fourth-order valence-corrected chi connectivity index (χ4v) is 2.14. The number of imidazole rings is 1. The van der Waals surface area contributed by atoms with Crippen LogP contribution in [0.15, 0.2) is 12.7 Å². The van der Waals surface area contributed by atoms with Gasteiger partial charge in [-0.15, -0.1) is 0 Å². The maximum atomic E-state index is 5.90. The minimum atomic E-state index is 0.244. The predicted octanol–water partition coefficient (Wildman–Crippen LogP) is -0.0993.